The average molecular weight is 282 g/mol. The van der Waals surface area contributed by atoms with E-state index in [0.29, 0.717) is 17.1 Å². The van der Waals surface area contributed by atoms with Gasteiger partial charge in [-0.3, -0.25) is 4.79 Å². The molecule has 106 valence electrons. The lowest BCUT2D eigenvalue weighted by Gasteiger charge is -2.08. The van der Waals surface area contributed by atoms with Crippen LogP contribution in [0.1, 0.15) is 16.8 Å². The second-order valence-corrected chi connectivity index (χ2v) is 4.95. The molecule has 2 heterocycles. The summed E-state index contributed by atoms with van der Waals surface area (Å²) >= 11 is 0. The summed E-state index contributed by atoms with van der Waals surface area (Å²) in [6.07, 6.45) is -0.0555. The number of carboxylic acid groups (broad SMARTS) is 1. The van der Waals surface area contributed by atoms with Crippen molar-refractivity contribution in [3.8, 4) is 11.3 Å². The molecule has 0 aliphatic carbocycles. The molecule has 0 bridgehead atoms. The summed E-state index contributed by atoms with van der Waals surface area (Å²) in [7, 11) is 0. The van der Waals surface area contributed by atoms with Gasteiger partial charge >= 0.3 is 5.97 Å². The molecule has 5 nitrogen and oxygen atoms in total. The molecule has 0 radical (unpaired) electrons. The molecule has 5 heteroatoms. The van der Waals surface area contributed by atoms with Gasteiger partial charge in [-0.05, 0) is 25.0 Å². The van der Waals surface area contributed by atoms with Crippen molar-refractivity contribution in [3.63, 3.8) is 0 Å². The zero-order valence-corrected chi connectivity index (χ0v) is 11.8. The van der Waals surface area contributed by atoms with Crippen LogP contribution < -0.4 is 0 Å². The largest absolute Gasteiger partial charge is 0.481 e. The summed E-state index contributed by atoms with van der Waals surface area (Å²) in [6.45, 7) is 3.67. The molecule has 0 aliphatic heterocycles. The van der Waals surface area contributed by atoms with E-state index in [1.165, 1.54) is 0 Å². The molecule has 0 unspecified atom stereocenters. The average Bonchev–Trinajstić information content (AvgIpc) is 2.88. The van der Waals surface area contributed by atoms with Crippen molar-refractivity contribution < 1.29 is 14.4 Å². The number of aliphatic carboxylic acids is 1. The predicted molar refractivity (Wildman–Crippen MR) is 78.1 cm³/mol. The molecular formula is C16H14N2O3. The van der Waals surface area contributed by atoms with Crippen LogP contribution >= 0.6 is 0 Å². The lowest BCUT2D eigenvalue weighted by Crippen LogP contribution is -2.06. The Morgan fingerprint density at radius 1 is 1.24 bits per heavy atom. The quantitative estimate of drug-likeness (QED) is 0.798. The molecule has 2 aromatic heterocycles. The van der Waals surface area contributed by atoms with Gasteiger partial charge in [-0.2, -0.15) is 0 Å². The van der Waals surface area contributed by atoms with Crippen LogP contribution in [0.5, 0.6) is 0 Å². The Kier molecular flexibility index (Phi) is 3.17. The van der Waals surface area contributed by atoms with Gasteiger partial charge in [0.15, 0.2) is 0 Å². The Hall–Kier alpha value is -2.69. The number of rotatable bonds is 3. The number of hydrogen-bond acceptors (Lipinski definition) is 4. The van der Waals surface area contributed by atoms with Crippen LogP contribution in [0.2, 0.25) is 0 Å². The van der Waals surface area contributed by atoms with E-state index in [0.717, 1.165) is 22.1 Å². The molecule has 1 N–H and O–H groups in total. The summed E-state index contributed by atoms with van der Waals surface area (Å²) < 4.78 is 5.32. The monoisotopic (exact) mass is 282 g/mol. The van der Waals surface area contributed by atoms with Gasteiger partial charge in [-0.1, -0.05) is 35.5 Å². The first-order chi connectivity index (χ1) is 10.1. The highest BCUT2D eigenvalue weighted by atomic mass is 16.5. The molecule has 0 aliphatic rings. The number of nitrogens with zero attached hydrogens (tertiary/aromatic N) is 2. The summed E-state index contributed by atoms with van der Waals surface area (Å²) in [5.74, 6) is -0.875. The highest BCUT2D eigenvalue weighted by molar-refractivity contribution is 5.93. The van der Waals surface area contributed by atoms with Crippen molar-refractivity contribution in [2.75, 3.05) is 0 Å². The van der Waals surface area contributed by atoms with Gasteiger partial charge < -0.3 is 9.63 Å². The highest BCUT2D eigenvalue weighted by Crippen LogP contribution is 2.32. The smallest absolute Gasteiger partial charge is 0.307 e. The molecule has 3 rings (SSSR count). The predicted octanol–water partition coefficient (Wildman–Crippen LogP) is 3.13. The highest BCUT2D eigenvalue weighted by Gasteiger charge is 2.19. The maximum absolute atomic E-state index is 11.0. The van der Waals surface area contributed by atoms with Gasteiger partial charge in [-0.15, -0.1) is 0 Å². The van der Waals surface area contributed by atoms with Gasteiger partial charge in [0.1, 0.15) is 5.69 Å². The normalized spacial score (nSPS) is 11.0. The third-order valence-corrected chi connectivity index (χ3v) is 3.58. The number of carboxylic acids is 1. The Labute approximate surface area is 121 Å². The van der Waals surface area contributed by atoms with E-state index in [2.05, 4.69) is 10.1 Å². The van der Waals surface area contributed by atoms with Crippen LogP contribution in [0.4, 0.5) is 0 Å². The topological polar surface area (TPSA) is 76.2 Å². The molecule has 21 heavy (non-hydrogen) atoms. The second kappa shape index (κ2) is 5.01. The van der Waals surface area contributed by atoms with Gasteiger partial charge in [0, 0.05) is 11.3 Å². The minimum absolute atomic E-state index is 0.0555. The van der Waals surface area contributed by atoms with Crippen molar-refractivity contribution in [1.82, 2.24) is 10.1 Å². The molecule has 0 spiro atoms. The van der Waals surface area contributed by atoms with Gasteiger partial charge in [0.2, 0.25) is 0 Å². The number of pyridine rings is 1. The minimum atomic E-state index is -0.875. The summed E-state index contributed by atoms with van der Waals surface area (Å²) in [5.41, 5.74) is 4.31. The number of benzene rings is 1. The lowest BCUT2D eigenvalue weighted by molar-refractivity contribution is -0.136. The zero-order chi connectivity index (χ0) is 15.0. The van der Waals surface area contributed by atoms with Crippen LogP contribution in [-0.2, 0) is 11.2 Å². The maximum atomic E-state index is 11.0. The van der Waals surface area contributed by atoms with E-state index in [1.54, 1.807) is 6.92 Å². The molecule has 0 saturated heterocycles. The van der Waals surface area contributed by atoms with Gasteiger partial charge in [0.25, 0.3) is 5.71 Å². The fraction of sp³-hybridized carbons (Fsp3) is 0.188. The van der Waals surface area contributed by atoms with Crippen LogP contribution in [0.25, 0.3) is 22.4 Å². The van der Waals surface area contributed by atoms with Crippen molar-refractivity contribution in [2.24, 2.45) is 0 Å². The molecule has 0 saturated carbocycles. The van der Waals surface area contributed by atoms with E-state index in [4.69, 9.17) is 9.63 Å². The second-order valence-electron chi connectivity index (χ2n) is 4.95. The van der Waals surface area contributed by atoms with Crippen LogP contribution in [-0.4, -0.2) is 21.2 Å². The van der Waals surface area contributed by atoms with Crippen LogP contribution in [0, 0.1) is 13.8 Å². The van der Waals surface area contributed by atoms with Gasteiger partial charge in [0.05, 0.1) is 11.8 Å². The van der Waals surface area contributed by atoms with Crippen LogP contribution in [0.15, 0.2) is 34.9 Å². The first kappa shape index (κ1) is 13.3. The molecule has 0 fully saturated rings. The van der Waals surface area contributed by atoms with E-state index in [9.17, 15) is 4.79 Å². The minimum Gasteiger partial charge on any atom is -0.481 e. The molecular weight excluding hydrogens is 268 g/mol. The molecule has 3 aromatic rings. The number of hydrogen-bond donors (Lipinski definition) is 1. The van der Waals surface area contributed by atoms with Crippen molar-refractivity contribution >= 4 is 17.1 Å². The molecule has 0 amide bonds. The Morgan fingerprint density at radius 2 is 1.95 bits per heavy atom. The zero-order valence-electron chi connectivity index (χ0n) is 11.8. The first-order valence-electron chi connectivity index (χ1n) is 6.60. The van der Waals surface area contributed by atoms with Crippen molar-refractivity contribution in [1.29, 1.82) is 0 Å². The standard InChI is InChI=1S/C16H14N2O3/c1-9-12(8-13(19)20)10(2)17-16-14(9)15(18-21-16)11-6-4-3-5-7-11/h3-7H,8H2,1-2H3,(H,19,20). The van der Waals surface area contributed by atoms with Crippen LogP contribution in [0.3, 0.4) is 0 Å². The van der Waals surface area contributed by atoms with Gasteiger partial charge in [-0.25, -0.2) is 4.98 Å². The lowest BCUT2D eigenvalue weighted by atomic mass is 9.99. The third kappa shape index (κ3) is 2.27. The Morgan fingerprint density at radius 3 is 2.62 bits per heavy atom. The summed E-state index contributed by atoms with van der Waals surface area (Å²) in [4.78, 5) is 15.4. The van der Waals surface area contributed by atoms with E-state index < -0.39 is 5.97 Å². The molecule has 1 aromatic carbocycles. The van der Waals surface area contributed by atoms with E-state index >= 15 is 0 Å². The number of aromatic nitrogens is 2. The van der Waals surface area contributed by atoms with E-state index in [1.807, 2.05) is 37.3 Å². The first-order valence-corrected chi connectivity index (χ1v) is 6.60. The van der Waals surface area contributed by atoms with Crippen molar-refractivity contribution in [3.05, 3.63) is 47.2 Å². The maximum Gasteiger partial charge on any atom is 0.307 e. The van der Waals surface area contributed by atoms with Crippen molar-refractivity contribution in [2.45, 2.75) is 20.3 Å². The summed E-state index contributed by atoms with van der Waals surface area (Å²) in [6, 6.07) is 9.65. The number of aryl methyl sites for hydroxylation is 2. The summed E-state index contributed by atoms with van der Waals surface area (Å²) in [5, 5.41) is 13.9. The Bertz CT molecular complexity index is 822. The Balaban J connectivity index is 2.28. The number of fused-ring (bicyclic) bond motifs is 1. The SMILES string of the molecule is Cc1nc2onc(-c3ccccc3)c2c(C)c1CC(=O)O. The number of carbonyl (C=O) groups is 1. The third-order valence-electron chi connectivity index (χ3n) is 3.58. The molecule has 0 atom stereocenters. The fourth-order valence-corrected chi connectivity index (χ4v) is 2.54. The fourth-order valence-electron chi connectivity index (χ4n) is 2.54. The van der Waals surface area contributed by atoms with E-state index in [-0.39, 0.29) is 6.42 Å².